The van der Waals surface area contributed by atoms with Gasteiger partial charge in [-0.25, -0.2) is 13.6 Å². The number of halogens is 2. The van der Waals surface area contributed by atoms with Crippen molar-refractivity contribution in [1.29, 1.82) is 0 Å². The summed E-state index contributed by atoms with van der Waals surface area (Å²) >= 11 is 12.2. The molecule has 0 bridgehead atoms. The van der Waals surface area contributed by atoms with E-state index in [1.807, 2.05) is 6.07 Å². The van der Waals surface area contributed by atoms with E-state index in [9.17, 15) is 8.42 Å². The Balaban J connectivity index is 2.21. The summed E-state index contributed by atoms with van der Waals surface area (Å²) in [5.41, 5.74) is 7.85. The fraction of sp³-hybridized carbons (Fsp3) is 0.0769. The van der Waals surface area contributed by atoms with Crippen LogP contribution in [0.15, 0.2) is 41.3 Å². The van der Waals surface area contributed by atoms with Crippen molar-refractivity contribution in [2.75, 3.05) is 10.2 Å². The molecule has 6 nitrogen and oxygen atoms in total. The summed E-state index contributed by atoms with van der Waals surface area (Å²) in [7, 11) is -3.95. The molecule has 22 heavy (non-hydrogen) atoms. The van der Waals surface area contributed by atoms with Gasteiger partial charge in [0.2, 0.25) is 10.0 Å². The van der Waals surface area contributed by atoms with Gasteiger partial charge in [-0.3, -0.25) is 5.73 Å². The number of fused-ring (bicyclic) bond motifs is 1. The molecule has 5 N–H and O–H groups in total. The van der Waals surface area contributed by atoms with Gasteiger partial charge in [0.25, 0.3) is 0 Å². The van der Waals surface area contributed by atoms with Crippen molar-refractivity contribution in [2.45, 2.75) is 11.2 Å². The molecular weight excluding hydrogens is 347 g/mol. The highest BCUT2D eigenvalue weighted by Crippen LogP contribution is 2.44. The van der Waals surface area contributed by atoms with Crippen LogP contribution in [-0.2, 0) is 10.0 Å². The molecule has 0 aliphatic carbocycles. The van der Waals surface area contributed by atoms with Crippen molar-refractivity contribution >= 4 is 50.3 Å². The van der Waals surface area contributed by atoms with Crippen molar-refractivity contribution in [2.24, 2.45) is 10.9 Å². The van der Waals surface area contributed by atoms with Gasteiger partial charge in [0, 0.05) is 0 Å². The number of hydrogen-bond donors (Lipinski definition) is 3. The Hall–Kier alpha value is -1.51. The van der Waals surface area contributed by atoms with E-state index in [0.717, 1.165) is 0 Å². The molecule has 1 heterocycles. The molecule has 0 saturated heterocycles. The molecule has 2 aromatic rings. The lowest BCUT2D eigenvalue weighted by Crippen LogP contribution is -2.40. The van der Waals surface area contributed by atoms with Crippen molar-refractivity contribution in [3.8, 4) is 0 Å². The van der Waals surface area contributed by atoms with E-state index in [0.29, 0.717) is 22.1 Å². The number of hydrogen-bond acceptors (Lipinski definition) is 5. The second kappa shape index (κ2) is 5.29. The number of anilines is 3. The molecule has 3 rings (SSSR count). The number of para-hydroxylation sites is 1. The van der Waals surface area contributed by atoms with Crippen molar-refractivity contribution in [3.05, 3.63) is 46.4 Å². The lowest BCUT2D eigenvalue weighted by molar-refractivity contribution is 0.598. The summed E-state index contributed by atoms with van der Waals surface area (Å²) in [4.78, 5) is 1.52. The molecule has 0 saturated carbocycles. The molecule has 0 amide bonds. The van der Waals surface area contributed by atoms with E-state index < -0.39 is 16.3 Å². The SMILES string of the molecule is NC1Nc2cc(Cl)c(S(N)(=O)=O)cc2N1c1ccccc1Cl. The molecule has 9 heteroatoms. The number of rotatable bonds is 2. The minimum absolute atomic E-state index is 0.0296. The minimum atomic E-state index is -3.95. The van der Waals surface area contributed by atoms with E-state index in [-0.39, 0.29) is 9.92 Å². The Kier molecular flexibility index (Phi) is 3.70. The minimum Gasteiger partial charge on any atom is -0.351 e. The molecule has 2 aromatic carbocycles. The first-order valence-corrected chi connectivity index (χ1v) is 8.51. The van der Waals surface area contributed by atoms with Gasteiger partial charge in [-0.1, -0.05) is 35.3 Å². The van der Waals surface area contributed by atoms with Crippen molar-refractivity contribution in [1.82, 2.24) is 0 Å². The molecule has 116 valence electrons. The van der Waals surface area contributed by atoms with Crippen LogP contribution in [0, 0.1) is 0 Å². The van der Waals surface area contributed by atoms with Gasteiger partial charge in [-0.15, -0.1) is 0 Å². The number of primary sulfonamides is 1. The zero-order chi connectivity index (χ0) is 16.1. The fourth-order valence-corrected chi connectivity index (χ4v) is 3.70. The number of benzene rings is 2. The molecule has 0 radical (unpaired) electrons. The number of sulfonamides is 1. The average Bonchev–Trinajstić information content (AvgIpc) is 2.72. The van der Waals surface area contributed by atoms with Crippen LogP contribution in [0.5, 0.6) is 0 Å². The van der Waals surface area contributed by atoms with E-state index in [1.54, 1.807) is 23.1 Å². The highest BCUT2D eigenvalue weighted by atomic mass is 35.5. The van der Waals surface area contributed by atoms with Crippen molar-refractivity contribution < 1.29 is 8.42 Å². The second-order valence-corrected chi connectivity index (χ2v) is 7.10. The third-order valence-corrected chi connectivity index (χ3v) is 5.01. The highest BCUT2D eigenvalue weighted by molar-refractivity contribution is 7.89. The fourth-order valence-electron chi connectivity index (χ4n) is 2.38. The van der Waals surface area contributed by atoms with E-state index in [1.165, 1.54) is 12.1 Å². The van der Waals surface area contributed by atoms with Crippen LogP contribution in [0.1, 0.15) is 0 Å². The first kappa shape index (κ1) is 15.4. The van der Waals surface area contributed by atoms with Gasteiger partial charge in [-0.2, -0.15) is 0 Å². The van der Waals surface area contributed by atoms with Crippen LogP contribution < -0.4 is 21.1 Å². The zero-order valence-electron chi connectivity index (χ0n) is 11.1. The highest BCUT2D eigenvalue weighted by Gasteiger charge is 2.31. The lowest BCUT2D eigenvalue weighted by atomic mass is 10.2. The molecule has 1 aliphatic rings. The summed E-state index contributed by atoms with van der Waals surface area (Å²) in [6.45, 7) is 0. The second-order valence-electron chi connectivity index (χ2n) is 4.76. The predicted molar refractivity (Wildman–Crippen MR) is 88.0 cm³/mol. The Morgan fingerprint density at radius 2 is 1.77 bits per heavy atom. The Morgan fingerprint density at radius 1 is 1.09 bits per heavy atom. The van der Waals surface area contributed by atoms with Gasteiger partial charge in [-0.05, 0) is 24.3 Å². The van der Waals surface area contributed by atoms with E-state index in [4.69, 9.17) is 34.1 Å². The third kappa shape index (κ3) is 2.51. The Bertz CT molecular complexity index is 857. The molecule has 0 fully saturated rings. The maximum absolute atomic E-state index is 11.6. The zero-order valence-corrected chi connectivity index (χ0v) is 13.5. The normalized spacial score (nSPS) is 17.3. The summed E-state index contributed by atoms with van der Waals surface area (Å²) < 4.78 is 23.3. The lowest BCUT2D eigenvalue weighted by Gasteiger charge is -2.24. The Labute approximate surface area is 137 Å². The van der Waals surface area contributed by atoms with Crippen LogP contribution in [0.2, 0.25) is 10.0 Å². The topological polar surface area (TPSA) is 101 Å². The van der Waals surface area contributed by atoms with Gasteiger partial charge >= 0.3 is 0 Å². The molecule has 0 spiro atoms. The van der Waals surface area contributed by atoms with E-state index in [2.05, 4.69) is 5.32 Å². The smallest absolute Gasteiger partial charge is 0.239 e. The van der Waals surface area contributed by atoms with Crippen LogP contribution in [0.4, 0.5) is 17.1 Å². The van der Waals surface area contributed by atoms with Gasteiger partial charge in [0.05, 0.1) is 27.1 Å². The Morgan fingerprint density at radius 3 is 2.41 bits per heavy atom. The largest absolute Gasteiger partial charge is 0.351 e. The molecule has 1 atom stereocenters. The number of nitrogens with zero attached hydrogens (tertiary/aromatic N) is 1. The third-order valence-electron chi connectivity index (χ3n) is 3.31. The summed E-state index contributed by atoms with van der Waals surface area (Å²) in [5, 5.41) is 8.72. The summed E-state index contributed by atoms with van der Waals surface area (Å²) in [6.07, 6.45) is -0.610. The maximum atomic E-state index is 11.6. The van der Waals surface area contributed by atoms with Crippen LogP contribution >= 0.6 is 23.2 Å². The molecular formula is C13H12Cl2N4O2S. The first-order valence-electron chi connectivity index (χ1n) is 6.21. The maximum Gasteiger partial charge on any atom is 0.239 e. The summed E-state index contributed by atoms with van der Waals surface area (Å²) in [6, 6.07) is 9.97. The predicted octanol–water partition coefficient (Wildman–Crippen LogP) is 2.45. The van der Waals surface area contributed by atoms with E-state index >= 15 is 0 Å². The number of nitrogens with one attached hydrogen (secondary N) is 1. The quantitative estimate of drug-likeness (QED) is 0.765. The van der Waals surface area contributed by atoms with Gasteiger partial charge in [0.1, 0.15) is 4.90 Å². The van der Waals surface area contributed by atoms with Gasteiger partial charge in [0.15, 0.2) is 6.29 Å². The van der Waals surface area contributed by atoms with Gasteiger partial charge < -0.3 is 10.2 Å². The molecule has 1 unspecified atom stereocenters. The first-order chi connectivity index (χ1) is 10.3. The van der Waals surface area contributed by atoms with Crippen LogP contribution in [0.25, 0.3) is 0 Å². The monoisotopic (exact) mass is 358 g/mol. The average molecular weight is 359 g/mol. The van der Waals surface area contributed by atoms with Crippen LogP contribution in [-0.4, -0.2) is 14.7 Å². The molecule has 0 aromatic heterocycles. The number of nitrogens with two attached hydrogens (primary N) is 2. The van der Waals surface area contributed by atoms with Crippen LogP contribution in [0.3, 0.4) is 0 Å². The molecule has 1 aliphatic heterocycles. The van der Waals surface area contributed by atoms with Crippen molar-refractivity contribution in [3.63, 3.8) is 0 Å². The standard InChI is InChI=1S/C13H12Cl2N4O2S/c14-7-3-1-2-4-10(7)19-11-6-12(22(17,20)21)8(15)5-9(11)18-13(19)16/h1-6,13,18H,16H2,(H2,17,20,21). The summed E-state index contributed by atoms with van der Waals surface area (Å²) in [5.74, 6) is 0.